The molecule has 4 nitrogen and oxygen atoms in total. The van der Waals surface area contributed by atoms with Crippen molar-refractivity contribution >= 4 is 28.3 Å². The van der Waals surface area contributed by atoms with E-state index >= 15 is 0 Å². The van der Waals surface area contributed by atoms with Crippen LogP contribution in [0.3, 0.4) is 0 Å². The summed E-state index contributed by atoms with van der Waals surface area (Å²) in [4.78, 5) is 24.4. The first kappa shape index (κ1) is 13.1. The van der Waals surface area contributed by atoms with Crippen LogP contribution < -0.4 is 5.32 Å². The van der Waals surface area contributed by atoms with Crippen molar-refractivity contribution in [1.29, 1.82) is 0 Å². The van der Waals surface area contributed by atoms with Gasteiger partial charge in [0.1, 0.15) is 0 Å². The zero-order chi connectivity index (χ0) is 15.3. The van der Waals surface area contributed by atoms with Crippen molar-refractivity contribution in [2.45, 2.75) is 19.8 Å². The number of nitrogens with zero attached hydrogens (tertiary/aromatic N) is 1. The lowest BCUT2D eigenvalue weighted by Crippen LogP contribution is -2.31. The van der Waals surface area contributed by atoms with E-state index in [4.69, 9.17) is 0 Å². The van der Waals surface area contributed by atoms with Crippen LogP contribution in [0.1, 0.15) is 18.1 Å². The van der Waals surface area contributed by atoms with E-state index in [1.165, 1.54) is 39.8 Å². The summed E-state index contributed by atoms with van der Waals surface area (Å²) in [6, 6.07) is 10.6. The quantitative estimate of drug-likeness (QED) is 0.925. The molecule has 0 spiro atoms. The molecule has 0 atom stereocenters. The predicted molar refractivity (Wildman–Crippen MR) is 85.5 cm³/mol. The molecule has 0 radical (unpaired) electrons. The standard InChI is InChI=1S/C18H16N2O2/c1-11(21)20-10-14(9-17(20)22)19-16-8-7-13-6-5-12-3-2-4-15(16)18(12)13/h2-4,7-9,19H,5-6,10H2,1H3. The van der Waals surface area contributed by atoms with E-state index in [9.17, 15) is 9.59 Å². The third kappa shape index (κ3) is 1.91. The van der Waals surface area contributed by atoms with Crippen LogP contribution in [0.25, 0.3) is 10.8 Å². The van der Waals surface area contributed by atoms with E-state index in [1.54, 1.807) is 0 Å². The van der Waals surface area contributed by atoms with E-state index in [2.05, 4.69) is 35.6 Å². The number of hydrogen-bond donors (Lipinski definition) is 1. The van der Waals surface area contributed by atoms with Crippen LogP contribution in [0, 0.1) is 0 Å². The lowest BCUT2D eigenvalue weighted by atomic mass is 10.0. The number of amides is 2. The van der Waals surface area contributed by atoms with Crippen molar-refractivity contribution in [1.82, 2.24) is 4.90 Å². The summed E-state index contributed by atoms with van der Waals surface area (Å²) in [5.74, 6) is -0.473. The third-order valence-electron chi connectivity index (χ3n) is 4.44. The number of aryl methyl sites for hydroxylation is 2. The molecular weight excluding hydrogens is 276 g/mol. The number of hydrogen-bond acceptors (Lipinski definition) is 3. The molecule has 2 aliphatic rings. The van der Waals surface area contributed by atoms with Gasteiger partial charge in [0.15, 0.2) is 0 Å². The van der Waals surface area contributed by atoms with Crippen molar-refractivity contribution in [2.24, 2.45) is 0 Å². The monoisotopic (exact) mass is 292 g/mol. The molecule has 1 heterocycles. The van der Waals surface area contributed by atoms with Crippen LogP contribution in [0.5, 0.6) is 0 Å². The first-order chi connectivity index (χ1) is 10.6. The fourth-order valence-electron chi connectivity index (χ4n) is 3.39. The minimum atomic E-state index is -0.249. The Bertz CT molecular complexity index is 841. The van der Waals surface area contributed by atoms with E-state index < -0.39 is 0 Å². The Kier molecular flexibility index (Phi) is 2.79. The van der Waals surface area contributed by atoms with Gasteiger partial charge in [-0.25, -0.2) is 0 Å². The Hall–Kier alpha value is -2.62. The largest absolute Gasteiger partial charge is 0.357 e. The molecule has 1 N–H and O–H groups in total. The number of imide groups is 1. The molecule has 0 bridgehead atoms. The first-order valence-corrected chi connectivity index (χ1v) is 7.46. The highest BCUT2D eigenvalue weighted by molar-refractivity contribution is 6.04. The van der Waals surface area contributed by atoms with Gasteiger partial charge in [0, 0.05) is 29.8 Å². The summed E-state index contributed by atoms with van der Waals surface area (Å²) < 4.78 is 0. The van der Waals surface area contributed by atoms with Gasteiger partial charge in [-0.1, -0.05) is 24.3 Å². The SMILES string of the molecule is CC(=O)N1CC(Nc2ccc3c4c(cccc24)CC3)=CC1=O. The summed E-state index contributed by atoms with van der Waals surface area (Å²) in [7, 11) is 0. The Morgan fingerprint density at radius 3 is 2.64 bits per heavy atom. The van der Waals surface area contributed by atoms with Gasteiger partial charge in [0.2, 0.25) is 5.91 Å². The molecule has 1 aliphatic heterocycles. The van der Waals surface area contributed by atoms with E-state index in [1.807, 2.05) is 0 Å². The normalized spacial score (nSPS) is 16.3. The third-order valence-corrected chi connectivity index (χ3v) is 4.44. The minimum Gasteiger partial charge on any atom is -0.357 e. The van der Waals surface area contributed by atoms with Crippen molar-refractivity contribution in [3.8, 4) is 0 Å². The summed E-state index contributed by atoms with van der Waals surface area (Å²) in [5.41, 5.74) is 4.53. The Morgan fingerprint density at radius 1 is 1.14 bits per heavy atom. The van der Waals surface area contributed by atoms with Crippen molar-refractivity contribution < 1.29 is 9.59 Å². The van der Waals surface area contributed by atoms with E-state index in [0.717, 1.165) is 24.2 Å². The van der Waals surface area contributed by atoms with Crippen LogP contribution in [-0.4, -0.2) is 23.3 Å². The summed E-state index contributed by atoms with van der Waals surface area (Å²) in [5, 5.41) is 5.84. The average molecular weight is 292 g/mol. The summed E-state index contributed by atoms with van der Waals surface area (Å²) in [6.45, 7) is 1.73. The highest BCUT2D eigenvalue weighted by Crippen LogP contribution is 2.35. The smallest absolute Gasteiger partial charge is 0.255 e. The fourth-order valence-corrected chi connectivity index (χ4v) is 3.39. The maximum Gasteiger partial charge on any atom is 0.255 e. The molecule has 22 heavy (non-hydrogen) atoms. The first-order valence-electron chi connectivity index (χ1n) is 7.46. The minimum absolute atomic E-state index is 0.224. The van der Waals surface area contributed by atoms with Gasteiger partial charge in [-0.2, -0.15) is 0 Å². The summed E-state index contributed by atoms with van der Waals surface area (Å²) >= 11 is 0. The van der Waals surface area contributed by atoms with Crippen molar-refractivity contribution in [3.05, 3.63) is 53.2 Å². The molecule has 2 aromatic carbocycles. The second-order valence-electron chi connectivity index (χ2n) is 5.85. The molecule has 4 heteroatoms. The van der Waals surface area contributed by atoms with Gasteiger partial charge in [-0.15, -0.1) is 0 Å². The lowest BCUT2D eigenvalue weighted by molar-refractivity contribution is -0.138. The number of anilines is 1. The highest BCUT2D eigenvalue weighted by Gasteiger charge is 2.25. The molecule has 0 aromatic heterocycles. The van der Waals surface area contributed by atoms with Crippen LogP contribution in [0.15, 0.2) is 42.1 Å². The van der Waals surface area contributed by atoms with Gasteiger partial charge in [0.05, 0.1) is 6.54 Å². The zero-order valence-corrected chi connectivity index (χ0v) is 12.3. The van der Waals surface area contributed by atoms with Gasteiger partial charge in [-0.3, -0.25) is 14.5 Å². The molecule has 1 aliphatic carbocycles. The van der Waals surface area contributed by atoms with Gasteiger partial charge in [0.25, 0.3) is 5.91 Å². The van der Waals surface area contributed by atoms with Gasteiger partial charge in [-0.05, 0) is 35.4 Å². The topological polar surface area (TPSA) is 49.4 Å². The molecular formula is C18H16N2O2. The van der Waals surface area contributed by atoms with Crippen LogP contribution in [0.2, 0.25) is 0 Å². The van der Waals surface area contributed by atoms with Crippen molar-refractivity contribution in [2.75, 3.05) is 11.9 Å². The molecule has 4 rings (SSSR count). The molecule has 0 fully saturated rings. The average Bonchev–Trinajstić information content (AvgIpc) is 3.07. The fraction of sp³-hybridized carbons (Fsp3) is 0.222. The predicted octanol–water partition coefficient (Wildman–Crippen LogP) is 2.62. The molecule has 110 valence electrons. The lowest BCUT2D eigenvalue weighted by Gasteiger charge is -2.14. The van der Waals surface area contributed by atoms with Crippen molar-refractivity contribution in [3.63, 3.8) is 0 Å². The van der Waals surface area contributed by atoms with Gasteiger partial charge >= 0.3 is 0 Å². The number of carbonyl (C=O) groups excluding carboxylic acids is 2. The van der Waals surface area contributed by atoms with E-state index in [0.29, 0.717) is 6.54 Å². The maximum absolute atomic E-state index is 11.8. The second kappa shape index (κ2) is 4.70. The Labute approximate surface area is 128 Å². The molecule has 2 amide bonds. The number of benzene rings is 2. The maximum atomic E-state index is 11.8. The molecule has 2 aromatic rings. The van der Waals surface area contributed by atoms with Crippen LogP contribution >= 0.6 is 0 Å². The van der Waals surface area contributed by atoms with Crippen LogP contribution in [0.4, 0.5) is 5.69 Å². The summed E-state index contributed by atoms with van der Waals surface area (Å²) in [6.07, 6.45) is 3.69. The van der Waals surface area contributed by atoms with Crippen LogP contribution in [-0.2, 0) is 22.4 Å². The number of nitrogens with one attached hydrogen (secondary N) is 1. The van der Waals surface area contributed by atoms with E-state index in [-0.39, 0.29) is 11.8 Å². The number of rotatable bonds is 2. The molecule has 0 saturated heterocycles. The number of carbonyl (C=O) groups is 2. The molecule has 0 unspecified atom stereocenters. The van der Waals surface area contributed by atoms with Gasteiger partial charge < -0.3 is 5.32 Å². The zero-order valence-electron chi connectivity index (χ0n) is 12.3. The Morgan fingerprint density at radius 2 is 1.91 bits per heavy atom. The highest BCUT2D eigenvalue weighted by atomic mass is 16.2. The Balaban J connectivity index is 1.71. The second-order valence-corrected chi connectivity index (χ2v) is 5.85. The molecule has 0 saturated carbocycles.